The van der Waals surface area contributed by atoms with Crippen LogP contribution in [-0.2, 0) is 20.4 Å². The number of hydrogen-bond donors (Lipinski definition) is 0. The van der Waals surface area contributed by atoms with E-state index in [0.717, 1.165) is 39.1 Å². The van der Waals surface area contributed by atoms with Crippen molar-refractivity contribution in [2.45, 2.75) is 105 Å². The first-order chi connectivity index (χ1) is 26.9. The molecule has 0 heterocycles. The lowest BCUT2D eigenvalue weighted by atomic mass is 9.71. The highest BCUT2D eigenvalue weighted by Crippen LogP contribution is 2.41. The predicted octanol–water partition coefficient (Wildman–Crippen LogP) is 12.1. The molecule has 5 aromatic carbocycles. The number of carbonyl (C=O) groups excluding carboxylic acids is 2. The summed E-state index contributed by atoms with van der Waals surface area (Å²) in [5.41, 5.74) is 5.29. The maximum Gasteiger partial charge on any atom is 0.318 e. The molecule has 0 aliphatic carbocycles. The second kappa shape index (κ2) is 17.0. The summed E-state index contributed by atoms with van der Waals surface area (Å²) in [6.45, 7) is 22.3. The average Bonchev–Trinajstić information content (AvgIpc) is 3.19. The molecule has 5 rings (SSSR count). The smallest absolute Gasteiger partial charge is 0.318 e. The van der Waals surface area contributed by atoms with E-state index in [1.807, 2.05) is 121 Å². The molecule has 2 atom stereocenters. The zero-order valence-electron chi connectivity index (χ0n) is 35.9. The van der Waals surface area contributed by atoms with E-state index < -0.39 is 22.3 Å². The zero-order chi connectivity index (χ0) is 41.8. The minimum Gasteiger partial charge on any atom is -0.496 e. The summed E-state index contributed by atoms with van der Waals surface area (Å²) < 4.78 is 23.9. The van der Waals surface area contributed by atoms with Gasteiger partial charge in [0.25, 0.3) is 0 Å². The Hall–Kier alpha value is -5.36. The maximum atomic E-state index is 13.8. The third-order valence-corrected chi connectivity index (χ3v) is 12.0. The van der Waals surface area contributed by atoms with Crippen molar-refractivity contribution in [2.24, 2.45) is 11.3 Å². The van der Waals surface area contributed by atoms with Gasteiger partial charge < -0.3 is 18.9 Å². The molecule has 0 aliphatic heterocycles. The molecular formula is C51H60O6. The van der Waals surface area contributed by atoms with Crippen LogP contribution in [0.3, 0.4) is 0 Å². The molecular weight excluding hydrogens is 709 g/mol. The number of aryl methyl sites for hydroxylation is 2. The lowest BCUT2D eigenvalue weighted by molar-refractivity contribution is -0.146. The van der Waals surface area contributed by atoms with Crippen LogP contribution in [0.5, 0.6) is 23.0 Å². The Morgan fingerprint density at radius 1 is 0.579 bits per heavy atom. The van der Waals surface area contributed by atoms with E-state index in [0.29, 0.717) is 30.1 Å². The topological polar surface area (TPSA) is 71.1 Å². The van der Waals surface area contributed by atoms with E-state index in [1.54, 1.807) is 7.11 Å². The summed E-state index contributed by atoms with van der Waals surface area (Å²) in [6, 6.07) is 38.5. The normalized spacial score (nSPS) is 13.6. The summed E-state index contributed by atoms with van der Waals surface area (Å²) in [7, 11) is 1.69. The van der Waals surface area contributed by atoms with Gasteiger partial charge in [-0.05, 0) is 137 Å². The van der Waals surface area contributed by atoms with Gasteiger partial charge in [-0.1, -0.05) is 107 Å². The number of hydrogen-bond acceptors (Lipinski definition) is 6. The van der Waals surface area contributed by atoms with E-state index in [1.165, 1.54) is 5.56 Å². The van der Waals surface area contributed by atoms with E-state index in [2.05, 4.69) is 70.2 Å². The van der Waals surface area contributed by atoms with E-state index in [4.69, 9.17) is 18.9 Å². The molecule has 0 amide bonds. The standard InChI is InChI=1S/C51H60O6/c1-13-43(46(52)56-45-31-25-40(33-35(45)4)49(7,8)39-24-30-44(54-12)34(3)32-39)50(9,10)57-42-28-22-38(23-29-42)51(11,36-18-16-15-17-19-36)37-20-26-41(27-21-37)55-47(53)48(5,6)14-2/h15-33,43H,13-14H2,1-12H3. The van der Waals surface area contributed by atoms with Crippen LogP contribution in [0.15, 0.2) is 115 Å². The van der Waals surface area contributed by atoms with Crippen LogP contribution in [0.25, 0.3) is 0 Å². The SMILES string of the molecule is CCC(C(=O)Oc1ccc(C(C)(C)c2ccc(OC)c(C)c2)cc1C)C(C)(C)Oc1ccc(C(C)(c2ccccc2)c2ccc(OC(=O)C(C)(C)CC)cc2)cc1. The molecule has 0 fully saturated rings. The highest BCUT2D eigenvalue weighted by molar-refractivity contribution is 5.78. The minimum atomic E-state index is -0.863. The predicted molar refractivity (Wildman–Crippen MR) is 230 cm³/mol. The molecule has 0 aromatic heterocycles. The Morgan fingerprint density at radius 3 is 1.53 bits per heavy atom. The molecule has 57 heavy (non-hydrogen) atoms. The first kappa shape index (κ1) is 42.8. The van der Waals surface area contributed by atoms with E-state index in [9.17, 15) is 9.59 Å². The Labute approximate surface area is 340 Å². The van der Waals surface area contributed by atoms with Crippen molar-refractivity contribution in [1.82, 2.24) is 0 Å². The number of rotatable bonds is 15. The molecule has 5 aromatic rings. The molecule has 300 valence electrons. The molecule has 0 bridgehead atoms. The van der Waals surface area contributed by atoms with Gasteiger partial charge in [0.15, 0.2) is 0 Å². The van der Waals surface area contributed by atoms with Gasteiger partial charge in [-0.15, -0.1) is 0 Å². The molecule has 0 saturated heterocycles. The van der Waals surface area contributed by atoms with Gasteiger partial charge in [-0.3, -0.25) is 9.59 Å². The van der Waals surface area contributed by atoms with Crippen molar-refractivity contribution in [1.29, 1.82) is 0 Å². The van der Waals surface area contributed by atoms with Crippen molar-refractivity contribution >= 4 is 11.9 Å². The second-order valence-corrected chi connectivity index (χ2v) is 17.0. The van der Waals surface area contributed by atoms with Crippen LogP contribution in [-0.4, -0.2) is 24.6 Å². The fourth-order valence-electron chi connectivity index (χ4n) is 7.46. The van der Waals surface area contributed by atoms with Gasteiger partial charge >= 0.3 is 11.9 Å². The lowest BCUT2D eigenvalue weighted by Gasteiger charge is -2.34. The fourth-order valence-corrected chi connectivity index (χ4v) is 7.46. The molecule has 0 spiro atoms. The molecule has 0 radical (unpaired) electrons. The van der Waals surface area contributed by atoms with Gasteiger partial charge in [0.05, 0.1) is 18.4 Å². The number of ether oxygens (including phenoxy) is 4. The van der Waals surface area contributed by atoms with Crippen LogP contribution < -0.4 is 18.9 Å². The summed E-state index contributed by atoms with van der Waals surface area (Å²) in [5, 5.41) is 0. The van der Waals surface area contributed by atoms with Crippen LogP contribution in [0.2, 0.25) is 0 Å². The van der Waals surface area contributed by atoms with Crippen molar-refractivity contribution in [3.05, 3.63) is 154 Å². The van der Waals surface area contributed by atoms with E-state index in [-0.39, 0.29) is 17.4 Å². The van der Waals surface area contributed by atoms with Crippen LogP contribution >= 0.6 is 0 Å². The Bertz CT molecular complexity index is 2160. The minimum absolute atomic E-state index is 0.245. The zero-order valence-corrected chi connectivity index (χ0v) is 35.9. The molecule has 2 unspecified atom stereocenters. The third-order valence-electron chi connectivity index (χ3n) is 12.0. The molecule has 6 nitrogen and oxygen atoms in total. The summed E-state index contributed by atoms with van der Waals surface area (Å²) in [5.74, 6) is 1.48. The van der Waals surface area contributed by atoms with Gasteiger partial charge in [0, 0.05) is 10.8 Å². The van der Waals surface area contributed by atoms with Gasteiger partial charge in [-0.25, -0.2) is 0 Å². The second-order valence-electron chi connectivity index (χ2n) is 17.0. The Kier molecular flexibility index (Phi) is 12.8. The summed E-state index contributed by atoms with van der Waals surface area (Å²) >= 11 is 0. The lowest BCUT2D eigenvalue weighted by Crippen LogP contribution is -2.43. The first-order valence-corrected chi connectivity index (χ1v) is 20.0. The van der Waals surface area contributed by atoms with Crippen molar-refractivity contribution in [3.63, 3.8) is 0 Å². The quantitative estimate of drug-likeness (QED) is 0.0600. The van der Waals surface area contributed by atoms with Crippen molar-refractivity contribution < 1.29 is 28.5 Å². The fraction of sp³-hybridized carbons (Fsp3) is 0.373. The molecule has 0 aliphatic rings. The average molecular weight is 769 g/mol. The van der Waals surface area contributed by atoms with Crippen LogP contribution in [0.1, 0.15) is 114 Å². The third kappa shape index (κ3) is 9.12. The maximum absolute atomic E-state index is 13.8. The van der Waals surface area contributed by atoms with Crippen molar-refractivity contribution in [2.75, 3.05) is 7.11 Å². The molecule has 6 heteroatoms. The highest BCUT2D eigenvalue weighted by Gasteiger charge is 2.38. The van der Waals surface area contributed by atoms with Gasteiger partial charge in [0.1, 0.15) is 28.6 Å². The van der Waals surface area contributed by atoms with Crippen LogP contribution in [0.4, 0.5) is 0 Å². The van der Waals surface area contributed by atoms with Crippen molar-refractivity contribution in [3.8, 4) is 23.0 Å². The number of benzene rings is 5. The Balaban J connectivity index is 1.33. The number of carbonyl (C=O) groups is 2. The Morgan fingerprint density at radius 2 is 1.05 bits per heavy atom. The summed E-state index contributed by atoms with van der Waals surface area (Å²) in [6.07, 6.45) is 1.23. The number of methoxy groups -OCH3 is 1. The van der Waals surface area contributed by atoms with E-state index >= 15 is 0 Å². The number of esters is 2. The highest BCUT2D eigenvalue weighted by atomic mass is 16.5. The monoisotopic (exact) mass is 768 g/mol. The first-order valence-electron chi connectivity index (χ1n) is 20.0. The van der Waals surface area contributed by atoms with Crippen LogP contribution in [0, 0.1) is 25.2 Å². The molecule has 0 saturated carbocycles. The molecule has 0 N–H and O–H groups in total. The largest absolute Gasteiger partial charge is 0.496 e. The van der Waals surface area contributed by atoms with Gasteiger partial charge in [0.2, 0.25) is 0 Å². The van der Waals surface area contributed by atoms with Gasteiger partial charge in [-0.2, -0.15) is 0 Å². The summed E-state index contributed by atoms with van der Waals surface area (Å²) in [4.78, 5) is 26.6.